The first kappa shape index (κ1) is 14.5. The molecule has 19 heavy (non-hydrogen) atoms. The van der Waals surface area contributed by atoms with E-state index in [0.29, 0.717) is 5.92 Å². The monoisotopic (exact) mass is 276 g/mol. The molecule has 0 saturated carbocycles. The Bertz CT molecular complexity index is 503. The van der Waals surface area contributed by atoms with E-state index in [-0.39, 0.29) is 6.10 Å². The molecule has 0 aliphatic heterocycles. The van der Waals surface area contributed by atoms with E-state index < -0.39 is 0 Å². The Hall–Kier alpha value is -0.860. The summed E-state index contributed by atoms with van der Waals surface area (Å²) in [6.07, 6.45) is 5.52. The van der Waals surface area contributed by atoms with E-state index in [1.54, 1.807) is 11.3 Å². The number of hydrogen-bond donors (Lipinski definition) is 1. The van der Waals surface area contributed by atoms with Crippen LogP contribution in [0.25, 0.3) is 10.1 Å². The van der Waals surface area contributed by atoms with Gasteiger partial charge in [-0.3, -0.25) is 0 Å². The van der Waals surface area contributed by atoms with Gasteiger partial charge in [0.05, 0.1) is 6.10 Å². The summed E-state index contributed by atoms with van der Waals surface area (Å²) >= 11 is 1.73. The minimum atomic E-state index is -0.307. The molecule has 0 radical (unpaired) electrons. The van der Waals surface area contributed by atoms with E-state index in [4.69, 9.17) is 0 Å². The molecule has 0 fully saturated rings. The normalized spacial score (nSPS) is 14.7. The lowest BCUT2D eigenvalue weighted by atomic mass is 9.90. The molecule has 2 aromatic rings. The summed E-state index contributed by atoms with van der Waals surface area (Å²) < 4.78 is 1.28. The third kappa shape index (κ3) is 3.58. The van der Waals surface area contributed by atoms with Crippen molar-refractivity contribution < 1.29 is 5.11 Å². The quantitative estimate of drug-likeness (QED) is 0.703. The Kier molecular flexibility index (Phi) is 5.41. The highest BCUT2D eigenvalue weighted by Gasteiger charge is 2.17. The van der Waals surface area contributed by atoms with Crippen molar-refractivity contribution in [2.75, 3.05) is 0 Å². The van der Waals surface area contributed by atoms with Crippen LogP contribution in [0.4, 0.5) is 0 Å². The van der Waals surface area contributed by atoms with E-state index >= 15 is 0 Å². The molecule has 104 valence electrons. The molecule has 1 aromatic heterocycles. The van der Waals surface area contributed by atoms with Crippen molar-refractivity contribution in [1.29, 1.82) is 0 Å². The highest BCUT2D eigenvalue weighted by atomic mass is 32.1. The topological polar surface area (TPSA) is 20.2 Å². The number of unbranched alkanes of at least 4 members (excludes halogenated alkanes) is 1. The van der Waals surface area contributed by atoms with Crippen molar-refractivity contribution in [2.45, 2.75) is 52.1 Å². The van der Waals surface area contributed by atoms with Crippen LogP contribution < -0.4 is 0 Å². The van der Waals surface area contributed by atoms with Crippen molar-refractivity contribution >= 4 is 21.4 Å². The van der Waals surface area contributed by atoms with Crippen molar-refractivity contribution in [3.05, 3.63) is 35.2 Å². The number of hydrogen-bond acceptors (Lipinski definition) is 2. The molecule has 2 rings (SSSR count). The number of aliphatic hydroxyl groups excluding tert-OH is 1. The van der Waals surface area contributed by atoms with Crippen molar-refractivity contribution in [3.8, 4) is 0 Å². The van der Waals surface area contributed by atoms with Gasteiger partial charge < -0.3 is 5.11 Å². The molecule has 2 atom stereocenters. The number of benzene rings is 1. The predicted octanol–water partition coefficient (Wildman–Crippen LogP) is 5.54. The molecule has 1 nitrogen and oxygen atoms in total. The second-order valence-corrected chi connectivity index (χ2v) is 6.27. The zero-order valence-corrected chi connectivity index (χ0v) is 12.7. The van der Waals surface area contributed by atoms with Crippen LogP contribution in [0.15, 0.2) is 29.6 Å². The molecule has 0 amide bonds. The van der Waals surface area contributed by atoms with Gasteiger partial charge in [-0.2, -0.15) is 0 Å². The van der Waals surface area contributed by atoms with Gasteiger partial charge in [-0.15, -0.1) is 11.3 Å². The Morgan fingerprint density at radius 3 is 2.74 bits per heavy atom. The fraction of sp³-hybridized carbons (Fsp3) is 0.529. The molecule has 0 aliphatic carbocycles. The average Bonchev–Trinajstić information content (AvgIpc) is 2.87. The first-order chi connectivity index (χ1) is 9.26. The predicted molar refractivity (Wildman–Crippen MR) is 84.7 cm³/mol. The van der Waals surface area contributed by atoms with Crippen LogP contribution in [0.3, 0.4) is 0 Å². The van der Waals surface area contributed by atoms with Gasteiger partial charge in [0.25, 0.3) is 0 Å². The van der Waals surface area contributed by atoms with E-state index in [9.17, 15) is 5.11 Å². The molecule has 0 bridgehead atoms. The molecular formula is C17H24OS. The number of fused-ring (bicyclic) bond motifs is 1. The SMILES string of the molecule is CCCCC(CC)CC(O)c1csc2ccccc12. The van der Waals surface area contributed by atoms with Crippen LogP contribution in [0, 0.1) is 5.92 Å². The third-order valence-corrected chi connectivity index (χ3v) is 4.95. The summed E-state index contributed by atoms with van der Waals surface area (Å²) in [6, 6.07) is 8.37. The van der Waals surface area contributed by atoms with Crippen molar-refractivity contribution in [2.24, 2.45) is 5.92 Å². The van der Waals surface area contributed by atoms with Gasteiger partial charge in [0, 0.05) is 4.70 Å². The Labute approximate surface area is 120 Å². The van der Waals surface area contributed by atoms with Gasteiger partial charge in [-0.25, -0.2) is 0 Å². The zero-order valence-electron chi connectivity index (χ0n) is 11.9. The lowest BCUT2D eigenvalue weighted by Gasteiger charge is -2.18. The number of aliphatic hydroxyl groups is 1. The van der Waals surface area contributed by atoms with Crippen molar-refractivity contribution in [3.63, 3.8) is 0 Å². The molecule has 0 aliphatic rings. The minimum Gasteiger partial charge on any atom is -0.388 e. The van der Waals surface area contributed by atoms with Gasteiger partial charge in [0.1, 0.15) is 0 Å². The summed E-state index contributed by atoms with van der Waals surface area (Å²) in [4.78, 5) is 0. The standard InChI is InChI=1S/C17H24OS/c1-3-5-8-13(4-2)11-16(18)15-12-19-17-10-7-6-9-14(15)17/h6-7,9-10,12-13,16,18H,3-5,8,11H2,1-2H3. The largest absolute Gasteiger partial charge is 0.388 e. The van der Waals surface area contributed by atoms with Crippen LogP contribution >= 0.6 is 11.3 Å². The van der Waals surface area contributed by atoms with Crippen LogP contribution in [0.2, 0.25) is 0 Å². The summed E-state index contributed by atoms with van der Waals surface area (Å²) in [5, 5.41) is 13.9. The van der Waals surface area contributed by atoms with Gasteiger partial charge >= 0.3 is 0 Å². The molecule has 1 aromatic carbocycles. The molecule has 2 unspecified atom stereocenters. The molecule has 0 saturated heterocycles. The third-order valence-electron chi connectivity index (χ3n) is 3.97. The number of thiophene rings is 1. The molecule has 0 spiro atoms. The first-order valence-corrected chi connectivity index (χ1v) is 8.28. The maximum absolute atomic E-state index is 10.5. The fourth-order valence-electron chi connectivity index (χ4n) is 2.68. The van der Waals surface area contributed by atoms with E-state index in [0.717, 1.165) is 12.0 Å². The number of rotatable bonds is 7. The fourth-order valence-corrected chi connectivity index (χ4v) is 3.69. The van der Waals surface area contributed by atoms with Crippen molar-refractivity contribution in [1.82, 2.24) is 0 Å². The second-order valence-electron chi connectivity index (χ2n) is 5.36. The van der Waals surface area contributed by atoms with E-state index in [2.05, 4.69) is 43.5 Å². The van der Waals surface area contributed by atoms with E-state index in [1.807, 2.05) is 0 Å². The van der Waals surface area contributed by atoms with Crippen LogP contribution in [-0.4, -0.2) is 5.11 Å². The highest BCUT2D eigenvalue weighted by molar-refractivity contribution is 7.17. The molecule has 2 heteroatoms. The Morgan fingerprint density at radius 1 is 1.21 bits per heavy atom. The molecular weight excluding hydrogens is 252 g/mol. The maximum Gasteiger partial charge on any atom is 0.0806 e. The van der Waals surface area contributed by atoms with Gasteiger partial charge in [-0.1, -0.05) is 57.7 Å². The smallest absolute Gasteiger partial charge is 0.0806 e. The lowest BCUT2D eigenvalue weighted by Crippen LogP contribution is -2.06. The van der Waals surface area contributed by atoms with Crippen LogP contribution in [0.5, 0.6) is 0 Å². The summed E-state index contributed by atoms with van der Waals surface area (Å²) in [5.74, 6) is 0.647. The van der Waals surface area contributed by atoms with Gasteiger partial charge in [0.15, 0.2) is 0 Å². The Balaban J connectivity index is 2.08. The lowest BCUT2D eigenvalue weighted by molar-refractivity contribution is 0.141. The zero-order chi connectivity index (χ0) is 13.7. The second kappa shape index (κ2) is 7.06. The van der Waals surface area contributed by atoms with E-state index in [1.165, 1.54) is 35.8 Å². The maximum atomic E-state index is 10.5. The van der Waals surface area contributed by atoms with Crippen LogP contribution in [0.1, 0.15) is 57.6 Å². The molecule has 1 heterocycles. The summed E-state index contributed by atoms with van der Waals surface area (Å²) in [5.41, 5.74) is 1.12. The summed E-state index contributed by atoms with van der Waals surface area (Å²) in [6.45, 7) is 4.47. The minimum absolute atomic E-state index is 0.307. The Morgan fingerprint density at radius 2 is 2.00 bits per heavy atom. The first-order valence-electron chi connectivity index (χ1n) is 7.40. The highest BCUT2D eigenvalue weighted by Crippen LogP contribution is 2.34. The van der Waals surface area contributed by atoms with Gasteiger partial charge in [-0.05, 0) is 34.7 Å². The van der Waals surface area contributed by atoms with Crippen LogP contribution in [-0.2, 0) is 0 Å². The molecule has 1 N–H and O–H groups in total. The summed E-state index contributed by atoms with van der Waals surface area (Å²) in [7, 11) is 0. The van der Waals surface area contributed by atoms with Gasteiger partial charge in [0.2, 0.25) is 0 Å². The average molecular weight is 276 g/mol.